The number of benzene rings is 2. The Balaban J connectivity index is 1.70. The molecule has 140 valence electrons. The number of thiazole rings is 1. The molecule has 0 aliphatic rings. The molecule has 0 saturated heterocycles. The van der Waals surface area contributed by atoms with Crippen LogP contribution in [0.1, 0.15) is 5.56 Å². The first-order valence-corrected chi connectivity index (χ1v) is 9.18. The van der Waals surface area contributed by atoms with E-state index in [0.717, 1.165) is 34.1 Å². The molecule has 6 nitrogen and oxygen atoms in total. The van der Waals surface area contributed by atoms with E-state index in [2.05, 4.69) is 10.3 Å². The Labute approximate surface area is 158 Å². The van der Waals surface area contributed by atoms with Crippen molar-refractivity contribution in [2.24, 2.45) is 0 Å². The summed E-state index contributed by atoms with van der Waals surface area (Å²) in [7, 11) is 0. The predicted molar refractivity (Wildman–Crippen MR) is 97.1 cm³/mol. The molecule has 1 heterocycles. The van der Waals surface area contributed by atoms with Gasteiger partial charge < -0.3 is 5.32 Å². The van der Waals surface area contributed by atoms with Gasteiger partial charge in [0, 0.05) is 6.07 Å². The summed E-state index contributed by atoms with van der Waals surface area (Å²) in [6.45, 7) is 0. The second-order valence-corrected chi connectivity index (χ2v) is 7.31. The molecule has 1 amide bonds. The van der Waals surface area contributed by atoms with Gasteiger partial charge in [0.1, 0.15) is 0 Å². The molecule has 0 fully saturated rings. The second kappa shape index (κ2) is 7.53. The van der Waals surface area contributed by atoms with E-state index in [1.165, 1.54) is 11.3 Å². The lowest BCUT2D eigenvalue weighted by Crippen LogP contribution is -2.14. The Kier molecular flexibility index (Phi) is 5.33. The average molecular weight is 413 g/mol. The largest absolute Gasteiger partial charge is 0.416 e. The SMILES string of the molecule is O=C(CSc1ccc(C(F)(F)F)cc1[N+](=O)[O-])Nc1nc2ccccc2s1. The number of amides is 1. The van der Waals surface area contributed by atoms with Crippen molar-refractivity contribution in [1.29, 1.82) is 0 Å². The highest BCUT2D eigenvalue weighted by molar-refractivity contribution is 8.00. The maximum atomic E-state index is 12.7. The van der Waals surface area contributed by atoms with Gasteiger partial charge in [0.05, 0.1) is 31.4 Å². The fourth-order valence-corrected chi connectivity index (χ4v) is 3.87. The van der Waals surface area contributed by atoms with E-state index in [-0.39, 0.29) is 10.6 Å². The van der Waals surface area contributed by atoms with Crippen LogP contribution in [-0.2, 0) is 11.0 Å². The van der Waals surface area contributed by atoms with Gasteiger partial charge in [-0.3, -0.25) is 14.9 Å². The third-order valence-corrected chi connectivity index (χ3v) is 5.40. The van der Waals surface area contributed by atoms with Gasteiger partial charge in [-0.2, -0.15) is 13.2 Å². The van der Waals surface area contributed by atoms with Crippen molar-refractivity contribution >= 4 is 50.0 Å². The first-order valence-electron chi connectivity index (χ1n) is 7.38. The van der Waals surface area contributed by atoms with Crippen molar-refractivity contribution in [1.82, 2.24) is 4.98 Å². The van der Waals surface area contributed by atoms with Crippen molar-refractivity contribution in [3.8, 4) is 0 Å². The molecular weight excluding hydrogens is 403 g/mol. The molecule has 1 aromatic heterocycles. The normalized spacial score (nSPS) is 11.5. The van der Waals surface area contributed by atoms with Crippen LogP contribution in [0, 0.1) is 10.1 Å². The number of carbonyl (C=O) groups excluding carboxylic acids is 1. The molecule has 3 aromatic rings. The van der Waals surface area contributed by atoms with Crippen LogP contribution in [0.4, 0.5) is 24.0 Å². The number of nitro benzene ring substituents is 1. The number of alkyl halides is 3. The fraction of sp³-hybridized carbons (Fsp3) is 0.125. The van der Waals surface area contributed by atoms with E-state index >= 15 is 0 Å². The maximum absolute atomic E-state index is 12.7. The summed E-state index contributed by atoms with van der Waals surface area (Å²) < 4.78 is 39.0. The van der Waals surface area contributed by atoms with Crippen LogP contribution in [0.15, 0.2) is 47.4 Å². The zero-order valence-corrected chi connectivity index (χ0v) is 15.0. The molecule has 0 radical (unpaired) electrons. The number of halogens is 3. The summed E-state index contributed by atoms with van der Waals surface area (Å²) in [5, 5.41) is 14.0. The second-order valence-electron chi connectivity index (χ2n) is 5.26. The summed E-state index contributed by atoms with van der Waals surface area (Å²) in [6.07, 6.45) is -4.68. The molecule has 11 heteroatoms. The number of carbonyl (C=O) groups is 1. The van der Waals surface area contributed by atoms with E-state index in [4.69, 9.17) is 0 Å². The lowest BCUT2D eigenvalue weighted by molar-refractivity contribution is -0.388. The molecule has 0 saturated carbocycles. The van der Waals surface area contributed by atoms with Gasteiger partial charge in [-0.05, 0) is 24.3 Å². The average Bonchev–Trinajstić information content (AvgIpc) is 3.01. The Hall–Kier alpha value is -2.66. The molecule has 3 rings (SSSR count). The van der Waals surface area contributed by atoms with Crippen molar-refractivity contribution in [2.45, 2.75) is 11.1 Å². The number of anilines is 1. The van der Waals surface area contributed by atoms with Crippen LogP contribution < -0.4 is 5.32 Å². The highest BCUT2D eigenvalue weighted by Gasteiger charge is 2.33. The zero-order chi connectivity index (χ0) is 19.6. The van der Waals surface area contributed by atoms with E-state index < -0.39 is 28.3 Å². The molecule has 0 aliphatic carbocycles. The smallest absolute Gasteiger partial charge is 0.301 e. The van der Waals surface area contributed by atoms with Gasteiger partial charge in [0.25, 0.3) is 5.69 Å². The Morgan fingerprint density at radius 1 is 1.26 bits per heavy atom. The van der Waals surface area contributed by atoms with Crippen LogP contribution in [0.25, 0.3) is 10.2 Å². The number of hydrogen-bond donors (Lipinski definition) is 1. The number of nitrogens with one attached hydrogen (secondary N) is 1. The van der Waals surface area contributed by atoms with Gasteiger partial charge in [-0.25, -0.2) is 4.98 Å². The lowest BCUT2D eigenvalue weighted by Gasteiger charge is -2.08. The van der Waals surface area contributed by atoms with Crippen LogP contribution in [0.5, 0.6) is 0 Å². The molecule has 27 heavy (non-hydrogen) atoms. The zero-order valence-electron chi connectivity index (χ0n) is 13.3. The minimum Gasteiger partial charge on any atom is -0.301 e. The number of rotatable bonds is 5. The highest BCUT2D eigenvalue weighted by Crippen LogP contribution is 2.36. The number of nitrogens with zero attached hydrogens (tertiary/aromatic N) is 2. The van der Waals surface area contributed by atoms with Gasteiger partial charge in [0.15, 0.2) is 5.13 Å². The third-order valence-electron chi connectivity index (χ3n) is 3.38. The highest BCUT2D eigenvalue weighted by atomic mass is 32.2. The monoisotopic (exact) mass is 413 g/mol. The molecule has 0 bridgehead atoms. The quantitative estimate of drug-likeness (QED) is 0.363. The molecule has 0 spiro atoms. The minimum absolute atomic E-state index is 0.0209. The number of nitro groups is 1. The Morgan fingerprint density at radius 3 is 2.67 bits per heavy atom. The van der Waals surface area contributed by atoms with Crippen molar-refractivity contribution < 1.29 is 22.9 Å². The molecule has 0 atom stereocenters. The predicted octanol–water partition coefficient (Wildman–Crippen LogP) is 4.95. The van der Waals surface area contributed by atoms with E-state index in [9.17, 15) is 28.1 Å². The number of fused-ring (bicyclic) bond motifs is 1. The minimum atomic E-state index is -4.68. The van der Waals surface area contributed by atoms with Crippen molar-refractivity contribution in [2.75, 3.05) is 11.1 Å². The first-order chi connectivity index (χ1) is 12.7. The molecule has 2 aromatic carbocycles. The van der Waals surface area contributed by atoms with Gasteiger partial charge in [-0.15, -0.1) is 11.8 Å². The number of para-hydroxylation sites is 1. The summed E-state index contributed by atoms with van der Waals surface area (Å²) in [5.41, 5.74) is -1.08. The first kappa shape index (κ1) is 19.1. The van der Waals surface area contributed by atoms with Crippen LogP contribution in [0.2, 0.25) is 0 Å². The maximum Gasteiger partial charge on any atom is 0.416 e. The molecular formula is C16H10F3N3O3S2. The van der Waals surface area contributed by atoms with Crippen molar-refractivity contribution in [3.63, 3.8) is 0 Å². The standard InChI is InChI=1S/C16H10F3N3O3S2/c17-16(18,19)9-5-6-13(11(7-9)22(24)25)26-8-14(23)21-15-20-10-3-1-2-4-12(10)27-15/h1-7H,8H2,(H,20,21,23). The summed E-state index contributed by atoms with van der Waals surface area (Å²) in [4.78, 5) is 26.4. The van der Waals surface area contributed by atoms with Crippen LogP contribution in [0.3, 0.4) is 0 Å². The summed E-state index contributed by atoms with van der Waals surface area (Å²) in [5.74, 6) is -0.671. The van der Waals surface area contributed by atoms with Gasteiger partial charge in [0.2, 0.25) is 5.91 Å². The number of thioether (sulfide) groups is 1. The van der Waals surface area contributed by atoms with Crippen molar-refractivity contribution in [3.05, 3.63) is 58.1 Å². The number of hydrogen-bond acceptors (Lipinski definition) is 6. The molecule has 1 N–H and O–H groups in total. The van der Waals surface area contributed by atoms with Gasteiger partial charge >= 0.3 is 6.18 Å². The number of aromatic nitrogens is 1. The molecule has 0 aliphatic heterocycles. The van der Waals surface area contributed by atoms with Gasteiger partial charge in [-0.1, -0.05) is 23.5 Å². The Morgan fingerprint density at radius 2 is 2.00 bits per heavy atom. The fourth-order valence-electron chi connectivity index (χ4n) is 2.18. The van der Waals surface area contributed by atoms with E-state index in [1.54, 1.807) is 6.07 Å². The topological polar surface area (TPSA) is 85.1 Å². The lowest BCUT2D eigenvalue weighted by atomic mass is 10.2. The third kappa shape index (κ3) is 4.55. The molecule has 0 unspecified atom stereocenters. The summed E-state index contributed by atoms with van der Waals surface area (Å²) >= 11 is 2.06. The van der Waals surface area contributed by atoms with Crippen LogP contribution in [-0.4, -0.2) is 21.6 Å². The Bertz CT molecular complexity index is 988. The van der Waals surface area contributed by atoms with E-state index in [1.807, 2.05) is 18.2 Å². The van der Waals surface area contributed by atoms with Crippen LogP contribution >= 0.6 is 23.1 Å². The summed E-state index contributed by atoms with van der Waals surface area (Å²) in [6, 6.07) is 9.51. The van der Waals surface area contributed by atoms with E-state index in [0.29, 0.717) is 11.2 Å².